The Labute approximate surface area is 97.1 Å². The van der Waals surface area contributed by atoms with Gasteiger partial charge >= 0.3 is 5.97 Å². The molecule has 0 spiro atoms. The van der Waals surface area contributed by atoms with Crippen molar-refractivity contribution in [1.29, 1.82) is 0 Å². The lowest BCUT2D eigenvalue weighted by molar-refractivity contribution is -0.114. The third-order valence-corrected chi connectivity index (χ3v) is 2.25. The first-order chi connectivity index (χ1) is 8.08. The molecule has 0 unspecified atom stereocenters. The molecule has 0 aliphatic heterocycles. The minimum atomic E-state index is -1.04. The highest BCUT2D eigenvalue weighted by Gasteiger charge is 2.10. The average molecular weight is 230 g/mol. The monoisotopic (exact) mass is 230 g/mol. The summed E-state index contributed by atoms with van der Waals surface area (Å²) in [5, 5.41) is 12.3. The summed E-state index contributed by atoms with van der Waals surface area (Å²) in [4.78, 5) is 26.0. The molecule has 0 fully saturated rings. The molecule has 0 radical (unpaired) electrons. The maximum absolute atomic E-state index is 11.0. The van der Waals surface area contributed by atoms with Gasteiger partial charge in [0.25, 0.3) is 0 Å². The van der Waals surface area contributed by atoms with Crippen molar-refractivity contribution in [3.8, 4) is 0 Å². The lowest BCUT2D eigenvalue weighted by Crippen LogP contribution is -2.08. The van der Waals surface area contributed by atoms with Crippen LogP contribution in [0.25, 0.3) is 10.9 Å². The van der Waals surface area contributed by atoms with E-state index in [9.17, 15) is 9.59 Å². The number of carboxylic acids is 1. The van der Waals surface area contributed by atoms with E-state index in [-0.39, 0.29) is 11.5 Å². The second-order valence-electron chi connectivity index (χ2n) is 3.56. The maximum atomic E-state index is 11.0. The molecule has 0 aliphatic carbocycles. The van der Waals surface area contributed by atoms with Crippen LogP contribution in [0.2, 0.25) is 0 Å². The number of carbonyl (C=O) groups is 2. The molecule has 0 bridgehead atoms. The highest BCUT2D eigenvalue weighted by molar-refractivity contribution is 6.02. The molecule has 2 rings (SSSR count). The van der Waals surface area contributed by atoms with E-state index in [1.807, 2.05) is 0 Å². The van der Waals surface area contributed by atoms with Crippen molar-refractivity contribution in [2.24, 2.45) is 0 Å². The minimum absolute atomic E-state index is 0.120. The highest BCUT2D eigenvalue weighted by Crippen LogP contribution is 2.19. The lowest BCUT2D eigenvalue weighted by Gasteiger charge is -2.05. The first-order valence-corrected chi connectivity index (χ1v) is 4.98. The van der Waals surface area contributed by atoms with Crippen molar-refractivity contribution in [3.63, 3.8) is 0 Å². The number of benzene rings is 1. The predicted molar refractivity (Wildman–Crippen MR) is 63.0 cm³/mol. The van der Waals surface area contributed by atoms with Crippen LogP contribution in [0.4, 0.5) is 5.82 Å². The molecule has 1 aromatic heterocycles. The molecule has 0 saturated heterocycles. The Kier molecular flexibility index (Phi) is 2.74. The summed E-state index contributed by atoms with van der Waals surface area (Å²) >= 11 is 0. The van der Waals surface area contributed by atoms with Gasteiger partial charge in [-0.2, -0.15) is 0 Å². The number of carboxylic acid groups (broad SMARTS) is 1. The Bertz CT molecular complexity index is 608. The molecule has 2 aromatic rings. The van der Waals surface area contributed by atoms with Gasteiger partial charge in [-0.15, -0.1) is 0 Å². The molecule has 5 nitrogen and oxygen atoms in total. The molecule has 5 heteroatoms. The van der Waals surface area contributed by atoms with Crippen molar-refractivity contribution in [2.45, 2.75) is 6.92 Å². The number of pyridine rings is 1. The normalized spacial score (nSPS) is 10.2. The summed E-state index contributed by atoms with van der Waals surface area (Å²) in [5.74, 6) is -0.938. The number of carbonyl (C=O) groups excluding carboxylic acids is 1. The van der Waals surface area contributed by atoms with Gasteiger partial charge in [0.1, 0.15) is 5.82 Å². The van der Waals surface area contributed by atoms with Gasteiger partial charge in [0.15, 0.2) is 0 Å². The Balaban J connectivity index is 2.61. The number of nitrogens with zero attached hydrogens (tertiary/aromatic N) is 1. The smallest absolute Gasteiger partial charge is 0.337 e. The van der Waals surface area contributed by atoms with Gasteiger partial charge in [-0.3, -0.25) is 4.79 Å². The molecule has 0 saturated carbocycles. The van der Waals surface area contributed by atoms with Crippen LogP contribution in [0.3, 0.4) is 0 Å². The summed E-state index contributed by atoms with van der Waals surface area (Å²) in [7, 11) is 0. The number of fused-ring (bicyclic) bond motifs is 1. The van der Waals surface area contributed by atoms with Gasteiger partial charge in [0.05, 0.1) is 11.1 Å². The van der Waals surface area contributed by atoms with Crippen molar-refractivity contribution < 1.29 is 14.7 Å². The fraction of sp³-hybridized carbons (Fsp3) is 0.0833. The van der Waals surface area contributed by atoms with Crippen LogP contribution in [-0.2, 0) is 4.79 Å². The van der Waals surface area contributed by atoms with Crippen LogP contribution >= 0.6 is 0 Å². The Morgan fingerprint density at radius 1 is 1.24 bits per heavy atom. The van der Waals surface area contributed by atoms with Crippen molar-refractivity contribution >= 4 is 28.6 Å². The van der Waals surface area contributed by atoms with Gasteiger partial charge in [-0.1, -0.05) is 12.1 Å². The summed E-state index contributed by atoms with van der Waals surface area (Å²) in [6.07, 6.45) is 0. The van der Waals surface area contributed by atoms with Crippen molar-refractivity contribution in [2.75, 3.05) is 5.32 Å². The van der Waals surface area contributed by atoms with Crippen molar-refractivity contribution in [1.82, 2.24) is 4.98 Å². The van der Waals surface area contributed by atoms with Crippen LogP contribution in [0.5, 0.6) is 0 Å². The third kappa shape index (κ3) is 2.23. The van der Waals surface area contributed by atoms with Crippen molar-refractivity contribution in [3.05, 3.63) is 35.9 Å². The molecule has 86 valence electrons. The Morgan fingerprint density at radius 2 is 2.00 bits per heavy atom. The number of rotatable bonds is 2. The largest absolute Gasteiger partial charge is 0.478 e. The maximum Gasteiger partial charge on any atom is 0.337 e. The molecule has 0 aliphatic rings. The average Bonchev–Trinajstić information content (AvgIpc) is 2.27. The number of aromatic carboxylic acids is 1. The Hall–Kier alpha value is -2.43. The van der Waals surface area contributed by atoms with E-state index in [1.54, 1.807) is 24.3 Å². The highest BCUT2D eigenvalue weighted by atomic mass is 16.4. The second-order valence-corrected chi connectivity index (χ2v) is 3.56. The van der Waals surface area contributed by atoms with Crippen LogP contribution < -0.4 is 5.32 Å². The summed E-state index contributed by atoms with van der Waals surface area (Å²) < 4.78 is 0. The Morgan fingerprint density at radius 3 is 2.65 bits per heavy atom. The summed E-state index contributed by atoms with van der Waals surface area (Å²) in [6, 6.07) is 8.27. The van der Waals surface area contributed by atoms with E-state index < -0.39 is 5.97 Å². The minimum Gasteiger partial charge on any atom is -0.478 e. The molecular formula is C12H10N2O3. The van der Waals surface area contributed by atoms with Gasteiger partial charge in [0, 0.05) is 12.3 Å². The summed E-state index contributed by atoms with van der Waals surface area (Å²) in [5.41, 5.74) is 0.487. The zero-order valence-electron chi connectivity index (χ0n) is 9.10. The van der Waals surface area contributed by atoms with E-state index in [1.165, 1.54) is 13.0 Å². The van der Waals surface area contributed by atoms with Gasteiger partial charge in [-0.25, -0.2) is 9.78 Å². The standard InChI is InChI=1S/C12H10N2O3/c1-7(15)13-10-6-5-8-3-2-4-9(12(16)17)11(8)14-10/h2-6H,1H3,(H,16,17)(H,13,14,15). The fourth-order valence-corrected chi connectivity index (χ4v) is 1.57. The van der Waals surface area contributed by atoms with E-state index in [4.69, 9.17) is 5.11 Å². The topological polar surface area (TPSA) is 79.3 Å². The van der Waals surface area contributed by atoms with E-state index in [0.29, 0.717) is 11.3 Å². The number of amides is 1. The van der Waals surface area contributed by atoms with Crippen LogP contribution in [0.1, 0.15) is 17.3 Å². The van der Waals surface area contributed by atoms with Crippen LogP contribution in [0.15, 0.2) is 30.3 Å². The molecule has 17 heavy (non-hydrogen) atoms. The molecule has 1 heterocycles. The number of hydrogen-bond acceptors (Lipinski definition) is 3. The van der Waals surface area contributed by atoms with Gasteiger partial charge < -0.3 is 10.4 Å². The van der Waals surface area contributed by atoms with Crippen LogP contribution in [-0.4, -0.2) is 22.0 Å². The third-order valence-electron chi connectivity index (χ3n) is 2.25. The first kappa shape index (κ1) is 11.1. The predicted octanol–water partition coefficient (Wildman–Crippen LogP) is 1.89. The number of aromatic nitrogens is 1. The molecular weight excluding hydrogens is 220 g/mol. The number of para-hydroxylation sites is 1. The lowest BCUT2D eigenvalue weighted by atomic mass is 10.1. The van der Waals surface area contributed by atoms with Gasteiger partial charge in [0.2, 0.25) is 5.91 Å². The summed E-state index contributed by atoms with van der Waals surface area (Å²) in [6.45, 7) is 1.37. The van der Waals surface area contributed by atoms with E-state index in [2.05, 4.69) is 10.3 Å². The fourth-order valence-electron chi connectivity index (χ4n) is 1.57. The van der Waals surface area contributed by atoms with E-state index >= 15 is 0 Å². The SMILES string of the molecule is CC(=O)Nc1ccc2cccc(C(=O)O)c2n1. The first-order valence-electron chi connectivity index (χ1n) is 4.98. The second kappa shape index (κ2) is 4.21. The molecule has 1 aromatic carbocycles. The zero-order valence-corrected chi connectivity index (χ0v) is 9.10. The van der Waals surface area contributed by atoms with Gasteiger partial charge in [-0.05, 0) is 18.2 Å². The number of nitrogens with one attached hydrogen (secondary N) is 1. The van der Waals surface area contributed by atoms with Crippen LogP contribution in [0, 0.1) is 0 Å². The quantitative estimate of drug-likeness (QED) is 0.825. The number of anilines is 1. The molecule has 2 N–H and O–H groups in total. The van der Waals surface area contributed by atoms with E-state index in [0.717, 1.165) is 5.39 Å². The molecule has 0 atom stereocenters. The molecule has 1 amide bonds. The zero-order chi connectivity index (χ0) is 12.4. The number of hydrogen-bond donors (Lipinski definition) is 2.